The zero-order valence-electron chi connectivity index (χ0n) is 11.2. The molecule has 0 saturated carbocycles. The van der Waals surface area contributed by atoms with E-state index in [1.165, 1.54) is 24.3 Å². The summed E-state index contributed by atoms with van der Waals surface area (Å²) in [5.74, 6) is 2.17. The normalized spacial score (nSPS) is 20.9. The molecule has 4 heteroatoms. The van der Waals surface area contributed by atoms with Gasteiger partial charge in [-0.25, -0.2) is 0 Å². The molecule has 2 N–H and O–H groups in total. The maximum atomic E-state index is 5.86. The lowest BCUT2D eigenvalue weighted by molar-refractivity contribution is 0.268. The van der Waals surface area contributed by atoms with Crippen LogP contribution in [0, 0.1) is 0 Å². The molecule has 0 bridgehead atoms. The van der Waals surface area contributed by atoms with Crippen molar-refractivity contribution in [1.29, 1.82) is 0 Å². The fourth-order valence-corrected chi connectivity index (χ4v) is 3.58. The second kappa shape index (κ2) is 6.34. The molecule has 2 rings (SSSR count). The van der Waals surface area contributed by atoms with E-state index in [2.05, 4.69) is 23.6 Å². The van der Waals surface area contributed by atoms with Crippen LogP contribution < -0.4 is 10.5 Å². The molecule has 0 spiro atoms. The minimum atomic E-state index is 0.769. The molecular weight excluding hydrogens is 244 g/mol. The van der Waals surface area contributed by atoms with E-state index >= 15 is 0 Å². The Morgan fingerprint density at radius 1 is 1.50 bits per heavy atom. The number of hydrogen-bond donors (Lipinski definition) is 1. The number of hydrogen-bond acceptors (Lipinski definition) is 4. The Morgan fingerprint density at radius 3 is 3.06 bits per heavy atom. The van der Waals surface area contributed by atoms with Crippen LogP contribution in [0.3, 0.4) is 0 Å². The fraction of sp³-hybridized carbons (Fsp3) is 0.571. The summed E-state index contributed by atoms with van der Waals surface area (Å²) in [7, 11) is 1.72. The Bertz CT molecular complexity index is 397. The number of ether oxygens (including phenoxy) is 1. The van der Waals surface area contributed by atoms with Crippen molar-refractivity contribution in [3.8, 4) is 5.75 Å². The number of thioether (sulfide) groups is 1. The van der Waals surface area contributed by atoms with Crippen molar-refractivity contribution in [1.82, 2.24) is 4.90 Å². The van der Waals surface area contributed by atoms with Gasteiger partial charge in [0.25, 0.3) is 0 Å². The summed E-state index contributed by atoms with van der Waals surface area (Å²) in [6.45, 7) is 5.52. The van der Waals surface area contributed by atoms with Crippen LogP contribution in [0.1, 0.15) is 18.9 Å². The average molecular weight is 266 g/mol. The zero-order valence-corrected chi connectivity index (χ0v) is 12.0. The number of nitrogens with two attached hydrogens (primary N) is 1. The minimum absolute atomic E-state index is 0.769. The maximum absolute atomic E-state index is 5.86. The van der Waals surface area contributed by atoms with Crippen LogP contribution in [0.4, 0.5) is 5.69 Å². The average Bonchev–Trinajstić information content (AvgIpc) is 2.39. The molecule has 1 aliphatic rings. The quantitative estimate of drug-likeness (QED) is 0.850. The highest BCUT2D eigenvalue weighted by atomic mass is 32.2. The molecule has 1 aromatic carbocycles. The van der Waals surface area contributed by atoms with Gasteiger partial charge >= 0.3 is 0 Å². The van der Waals surface area contributed by atoms with E-state index in [-0.39, 0.29) is 0 Å². The summed E-state index contributed by atoms with van der Waals surface area (Å²) in [5.41, 5.74) is 7.87. The second-order valence-electron chi connectivity index (χ2n) is 4.71. The molecule has 0 radical (unpaired) electrons. The van der Waals surface area contributed by atoms with E-state index in [9.17, 15) is 0 Å². The van der Waals surface area contributed by atoms with Gasteiger partial charge in [0.2, 0.25) is 0 Å². The van der Waals surface area contributed by atoms with Crippen molar-refractivity contribution < 1.29 is 4.74 Å². The van der Waals surface area contributed by atoms with Crippen LogP contribution in [-0.2, 0) is 6.54 Å². The highest BCUT2D eigenvalue weighted by molar-refractivity contribution is 8.00. The van der Waals surface area contributed by atoms with Gasteiger partial charge in [0, 0.05) is 41.9 Å². The Hall–Kier alpha value is -0.870. The predicted molar refractivity (Wildman–Crippen MR) is 79.2 cm³/mol. The standard InChI is InChI=1S/C14H22N2OS/c1-3-13-10-16(6-7-18-13)9-11-8-12(15)4-5-14(11)17-2/h4-5,8,13H,3,6-7,9-10,15H2,1-2H3. The first-order valence-electron chi connectivity index (χ1n) is 6.49. The van der Waals surface area contributed by atoms with E-state index in [0.29, 0.717) is 0 Å². The largest absolute Gasteiger partial charge is 0.496 e. The van der Waals surface area contributed by atoms with E-state index in [4.69, 9.17) is 10.5 Å². The van der Waals surface area contributed by atoms with Crippen molar-refractivity contribution >= 4 is 17.4 Å². The number of benzene rings is 1. The lowest BCUT2D eigenvalue weighted by Crippen LogP contribution is -2.37. The maximum Gasteiger partial charge on any atom is 0.123 e. The van der Waals surface area contributed by atoms with Gasteiger partial charge in [0.15, 0.2) is 0 Å². The van der Waals surface area contributed by atoms with Crippen molar-refractivity contribution in [2.75, 3.05) is 31.7 Å². The van der Waals surface area contributed by atoms with Crippen LogP contribution in [0.5, 0.6) is 5.75 Å². The smallest absolute Gasteiger partial charge is 0.123 e. The molecule has 1 saturated heterocycles. The van der Waals surface area contributed by atoms with E-state index in [0.717, 1.165) is 29.8 Å². The summed E-state index contributed by atoms with van der Waals surface area (Å²) in [4.78, 5) is 2.50. The molecule has 1 atom stereocenters. The van der Waals surface area contributed by atoms with Crippen LogP contribution in [0.15, 0.2) is 18.2 Å². The molecule has 3 nitrogen and oxygen atoms in total. The van der Waals surface area contributed by atoms with Crippen LogP contribution in [0.2, 0.25) is 0 Å². The molecule has 0 aromatic heterocycles. The Labute approximate surface area is 114 Å². The van der Waals surface area contributed by atoms with Crippen LogP contribution in [-0.4, -0.2) is 36.1 Å². The van der Waals surface area contributed by atoms with E-state index in [1.807, 2.05) is 18.2 Å². The lowest BCUT2D eigenvalue weighted by atomic mass is 10.1. The van der Waals surface area contributed by atoms with Crippen molar-refractivity contribution in [2.45, 2.75) is 25.1 Å². The van der Waals surface area contributed by atoms with Crippen molar-refractivity contribution in [2.24, 2.45) is 0 Å². The Kier molecular flexibility index (Phi) is 4.78. The first-order valence-corrected chi connectivity index (χ1v) is 7.54. The lowest BCUT2D eigenvalue weighted by Gasteiger charge is -2.32. The SMILES string of the molecule is CCC1CN(Cc2cc(N)ccc2OC)CCS1. The molecule has 0 amide bonds. The second-order valence-corrected chi connectivity index (χ2v) is 6.12. The number of rotatable bonds is 4. The summed E-state index contributed by atoms with van der Waals surface area (Å²) in [6.07, 6.45) is 1.25. The van der Waals surface area contributed by atoms with Crippen LogP contribution in [0.25, 0.3) is 0 Å². The number of nitrogen functional groups attached to an aromatic ring is 1. The molecule has 1 aromatic rings. The zero-order chi connectivity index (χ0) is 13.0. The van der Waals surface area contributed by atoms with Gasteiger partial charge in [-0.3, -0.25) is 4.90 Å². The fourth-order valence-electron chi connectivity index (χ4n) is 2.33. The molecule has 1 unspecified atom stereocenters. The molecule has 1 fully saturated rings. The Morgan fingerprint density at radius 2 is 2.33 bits per heavy atom. The van der Waals surface area contributed by atoms with Gasteiger partial charge in [0.1, 0.15) is 5.75 Å². The third-order valence-corrected chi connectivity index (χ3v) is 4.75. The third kappa shape index (κ3) is 3.33. The highest BCUT2D eigenvalue weighted by Gasteiger charge is 2.19. The molecule has 0 aliphatic carbocycles. The first-order chi connectivity index (χ1) is 8.72. The van der Waals surface area contributed by atoms with Gasteiger partial charge in [0.05, 0.1) is 7.11 Å². The summed E-state index contributed by atoms with van der Waals surface area (Å²) in [5, 5.41) is 0.769. The summed E-state index contributed by atoms with van der Waals surface area (Å²) < 4.78 is 5.41. The van der Waals surface area contributed by atoms with E-state index in [1.54, 1.807) is 7.11 Å². The highest BCUT2D eigenvalue weighted by Crippen LogP contribution is 2.26. The van der Waals surface area contributed by atoms with Gasteiger partial charge in [-0.05, 0) is 24.6 Å². The predicted octanol–water partition coefficient (Wildman–Crippen LogP) is 2.60. The van der Waals surface area contributed by atoms with Crippen LogP contribution >= 0.6 is 11.8 Å². The van der Waals surface area contributed by atoms with Gasteiger partial charge in [-0.1, -0.05) is 6.92 Å². The van der Waals surface area contributed by atoms with Gasteiger partial charge in [-0.2, -0.15) is 11.8 Å². The third-order valence-electron chi connectivity index (χ3n) is 3.38. The van der Waals surface area contributed by atoms with E-state index < -0.39 is 0 Å². The number of methoxy groups -OCH3 is 1. The molecule has 1 heterocycles. The molecular formula is C14H22N2OS. The minimum Gasteiger partial charge on any atom is -0.496 e. The number of nitrogens with zero attached hydrogens (tertiary/aromatic N) is 1. The van der Waals surface area contributed by atoms with Gasteiger partial charge in [-0.15, -0.1) is 0 Å². The van der Waals surface area contributed by atoms with Crippen molar-refractivity contribution in [3.63, 3.8) is 0 Å². The topological polar surface area (TPSA) is 38.5 Å². The van der Waals surface area contributed by atoms with Gasteiger partial charge < -0.3 is 10.5 Å². The summed E-state index contributed by atoms with van der Waals surface area (Å²) >= 11 is 2.09. The number of anilines is 1. The van der Waals surface area contributed by atoms with Crippen molar-refractivity contribution in [3.05, 3.63) is 23.8 Å². The monoisotopic (exact) mass is 266 g/mol. The first kappa shape index (κ1) is 13.6. The summed E-state index contributed by atoms with van der Waals surface area (Å²) in [6, 6.07) is 5.88. The molecule has 1 aliphatic heterocycles. The molecule has 18 heavy (non-hydrogen) atoms. The Balaban J connectivity index is 2.06. The molecule has 100 valence electrons.